The molecule has 0 radical (unpaired) electrons. The van der Waals surface area contributed by atoms with Crippen LogP contribution < -0.4 is 0 Å². The first-order valence-electron chi connectivity index (χ1n) is 13.1. The Kier molecular flexibility index (Phi) is 14.0. The summed E-state index contributed by atoms with van der Waals surface area (Å²) in [6, 6.07) is 21.8. The minimum atomic E-state index is 0.286. The lowest BCUT2D eigenvalue weighted by Crippen LogP contribution is -2.10. The summed E-state index contributed by atoms with van der Waals surface area (Å²) >= 11 is 0. The van der Waals surface area contributed by atoms with Gasteiger partial charge in [0.15, 0.2) is 11.6 Å². The van der Waals surface area contributed by atoms with Crippen LogP contribution in [0.3, 0.4) is 0 Å². The van der Waals surface area contributed by atoms with Gasteiger partial charge < -0.3 is 14.2 Å². The van der Waals surface area contributed by atoms with Crippen LogP contribution in [0.2, 0.25) is 0 Å². The molecule has 1 aromatic heterocycles. The first kappa shape index (κ1) is 29.7. The molecule has 0 atom stereocenters. The van der Waals surface area contributed by atoms with E-state index in [0.717, 1.165) is 29.7 Å². The molecule has 0 fully saturated rings. The highest BCUT2D eigenvalue weighted by atomic mass is 16.5. The summed E-state index contributed by atoms with van der Waals surface area (Å²) < 4.78 is 16.6. The molecule has 0 bridgehead atoms. The van der Waals surface area contributed by atoms with Crippen molar-refractivity contribution in [2.75, 3.05) is 46.3 Å². The van der Waals surface area contributed by atoms with E-state index in [4.69, 9.17) is 14.2 Å². The third kappa shape index (κ3) is 13.0. The zero-order chi connectivity index (χ0) is 27.4. The van der Waals surface area contributed by atoms with Gasteiger partial charge in [0.2, 0.25) is 0 Å². The van der Waals surface area contributed by atoms with Crippen LogP contribution in [0.25, 0.3) is 0 Å². The van der Waals surface area contributed by atoms with E-state index in [1.165, 1.54) is 5.56 Å². The van der Waals surface area contributed by atoms with Crippen molar-refractivity contribution in [3.63, 3.8) is 0 Å². The first-order valence-corrected chi connectivity index (χ1v) is 13.1. The third-order valence-electron chi connectivity index (χ3n) is 5.31. The Labute approximate surface area is 231 Å². The Balaban J connectivity index is 1.17. The Morgan fingerprint density at radius 2 is 1.21 bits per heavy atom. The van der Waals surface area contributed by atoms with E-state index < -0.39 is 0 Å². The van der Waals surface area contributed by atoms with Crippen molar-refractivity contribution in [1.82, 2.24) is 4.98 Å². The van der Waals surface area contributed by atoms with Gasteiger partial charge in [-0.2, -0.15) is 0 Å². The third-order valence-corrected chi connectivity index (χ3v) is 5.31. The number of ether oxygens (including phenoxy) is 3. The first-order chi connectivity index (χ1) is 19.2. The lowest BCUT2D eigenvalue weighted by Gasteiger charge is -2.05. The van der Waals surface area contributed by atoms with E-state index in [1.54, 1.807) is 18.6 Å². The maximum Gasteiger partial charge on any atom is 0.154 e. The highest BCUT2D eigenvalue weighted by molar-refractivity contribution is 5.85. The van der Waals surface area contributed by atoms with E-state index in [0.29, 0.717) is 44.7 Å². The fourth-order valence-electron chi connectivity index (χ4n) is 3.28. The normalized spacial score (nSPS) is 12.1. The zero-order valence-corrected chi connectivity index (χ0v) is 22.8. The maximum absolute atomic E-state index is 5.58. The highest BCUT2D eigenvalue weighted by Crippen LogP contribution is 2.14. The molecule has 0 aliphatic rings. The molecule has 1 heterocycles. The van der Waals surface area contributed by atoms with Gasteiger partial charge in [0.1, 0.15) is 6.73 Å². The van der Waals surface area contributed by atoms with Gasteiger partial charge in [-0.05, 0) is 49.1 Å². The van der Waals surface area contributed by atoms with Crippen LogP contribution in [0.15, 0.2) is 86.7 Å². The van der Waals surface area contributed by atoms with Gasteiger partial charge in [0, 0.05) is 38.0 Å². The molecule has 8 heteroatoms. The Bertz CT molecular complexity index is 1210. The molecule has 39 heavy (non-hydrogen) atoms. The fraction of sp³-hybridized carbons (Fsp3) is 0.323. The van der Waals surface area contributed by atoms with Crippen molar-refractivity contribution < 1.29 is 14.2 Å². The van der Waals surface area contributed by atoms with E-state index in [2.05, 4.69) is 56.1 Å². The van der Waals surface area contributed by atoms with Gasteiger partial charge in [-0.15, -0.1) is 0 Å². The molecular weight excluding hydrogens is 490 g/mol. The molecule has 0 saturated carbocycles. The number of hydrogen-bond acceptors (Lipinski definition) is 8. The van der Waals surface area contributed by atoms with Crippen LogP contribution in [0.1, 0.15) is 35.6 Å². The lowest BCUT2D eigenvalue weighted by molar-refractivity contribution is 0.0159. The van der Waals surface area contributed by atoms with Crippen LogP contribution in [0.4, 0.5) is 11.6 Å². The van der Waals surface area contributed by atoms with Crippen molar-refractivity contribution in [3.8, 4) is 0 Å². The molecule has 204 valence electrons. The number of pyridine rings is 1. The average Bonchev–Trinajstić information content (AvgIpc) is 2.96. The van der Waals surface area contributed by atoms with Crippen LogP contribution in [0.5, 0.6) is 0 Å². The quantitative estimate of drug-likeness (QED) is 0.164. The molecule has 0 N–H and O–H groups in total. The van der Waals surface area contributed by atoms with Crippen molar-refractivity contribution in [2.45, 2.75) is 20.3 Å². The van der Waals surface area contributed by atoms with Gasteiger partial charge in [0.05, 0.1) is 26.4 Å². The summed E-state index contributed by atoms with van der Waals surface area (Å²) in [5, 5.41) is 0. The fourth-order valence-corrected chi connectivity index (χ4v) is 3.28. The van der Waals surface area contributed by atoms with Crippen LogP contribution in [-0.2, 0) is 14.2 Å². The molecule has 8 nitrogen and oxygen atoms in total. The second-order valence-electron chi connectivity index (χ2n) is 8.54. The van der Waals surface area contributed by atoms with E-state index in [9.17, 15) is 0 Å². The van der Waals surface area contributed by atoms with Crippen molar-refractivity contribution in [1.29, 1.82) is 0 Å². The van der Waals surface area contributed by atoms with Crippen LogP contribution in [-0.4, -0.2) is 76.2 Å². The summed E-state index contributed by atoms with van der Waals surface area (Å²) in [5.74, 6) is 1.26. The number of aromatic nitrogens is 1. The number of nitrogens with zero attached hydrogens (tertiary/aromatic N) is 5. The number of hydrogen-bond donors (Lipinski definition) is 0. The van der Waals surface area contributed by atoms with Crippen LogP contribution >= 0.6 is 0 Å². The molecule has 2 aromatic carbocycles. The van der Waals surface area contributed by atoms with E-state index in [-0.39, 0.29) is 6.73 Å². The van der Waals surface area contributed by atoms with E-state index >= 15 is 0 Å². The summed E-state index contributed by atoms with van der Waals surface area (Å²) in [7, 11) is 0. The molecule has 3 rings (SSSR count). The predicted molar refractivity (Wildman–Crippen MR) is 160 cm³/mol. The number of rotatable bonds is 17. The second-order valence-corrected chi connectivity index (χ2v) is 8.54. The smallest absolute Gasteiger partial charge is 0.154 e. The zero-order valence-electron chi connectivity index (χ0n) is 22.8. The van der Waals surface area contributed by atoms with E-state index in [1.807, 2.05) is 55.6 Å². The average molecular weight is 528 g/mol. The van der Waals surface area contributed by atoms with Gasteiger partial charge in [-0.25, -0.2) is 15.0 Å². The summed E-state index contributed by atoms with van der Waals surface area (Å²) in [6.45, 7) is 7.75. The predicted octanol–water partition coefficient (Wildman–Crippen LogP) is 5.80. The molecular formula is C31H37N5O3. The minimum absolute atomic E-state index is 0.286. The van der Waals surface area contributed by atoms with Gasteiger partial charge in [0.25, 0.3) is 0 Å². The minimum Gasteiger partial charge on any atom is -0.379 e. The number of benzene rings is 2. The largest absolute Gasteiger partial charge is 0.379 e. The molecule has 0 amide bonds. The SMILES string of the molecule is CC=Nc1cccc(N=Cc2ccc(C=NCOCCOCCOCCCN=Cc3ccc(C)cc3)cc2)n1. The summed E-state index contributed by atoms with van der Waals surface area (Å²) in [4.78, 5) is 21.7. The van der Waals surface area contributed by atoms with Crippen molar-refractivity contribution >= 4 is 36.5 Å². The molecule has 0 aliphatic carbocycles. The van der Waals surface area contributed by atoms with Gasteiger partial charge >= 0.3 is 0 Å². The molecule has 0 spiro atoms. The maximum atomic E-state index is 5.58. The lowest BCUT2D eigenvalue weighted by atomic mass is 10.1. The number of aryl methyl sites for hydroxylation is 1. The van der Waals surface area contributed by atoms with Crippen molar-refractivity contribution in [2.24, 2.45) is 20.0 Å². The molecule has 0 saturated heterocycles. The second kappa shape index (κ2) is 18.4. The Morgan fingerprint density at radius 3 is 1.90 bits per heavy atom. The summed E-state index contributed by atoms with van der Waals surface area (Å²) in [5.41, 5.74) is 4.34. The standard InChI is InChI=1S/C31H37N5O3/c1-3-34-30-6-4-7-31(36-30)35-24-29-14-12-28(13-15-29)23-33-25-39-21-20-38-19-18-37-17-5-16-32-22-27-10-8-26(2)9-11-27/h3-4,6-15,22-24H,5,16-21,25H2,1-2H3. The molecule has 3 aromatic rings. The van der Waals surface area contributed by atoms with Gasteiger partial charge in [-0.3, -0.25) is 9.98 Å². The highest BCUT2D eigenvalue weighted by Gasteiger charge is 1.95. The monoisotopic (exact) mass is 527 g/mol. The van der Waals surface area contributed by atoms with Gasteiger partial charge in [-0.1, -0.05) is 60.2 Å². The molecule has 0 unspecified atom stereocenters. The Morgan fingerprint density at radius 1 is 0.641 bits per heavy atom. The summed E-state index contributed by atoms with van der Waals surface area (Å²) in [6.07, 6.45) is 8.07. The Hall–Kier alpha value is -3.85. The van der Waals surface area contributed by atoms with Crippen LogP contribution in [0, 0.1) is 6.92 Å². The topological polar surface area (TPSA) is 90.0 Å². The molecule has 0 aliphatic heterocycles. The van der Waals surface area contributed by atoms with Crippen molar-refractivity contribution in [3.05, 3.63) is 89.0 Å². The number of aliphatic imine (C=N–C) groups is 4.